The first-order chi connectivity index (χ1) is 23.7. The molecule has 0 saturated heterocycles. The normalized spacial score (nSPS) is 12.2. The Morgan fingerprint density at radius 2 is 1.24 bits per heavy atom. The van der Waals surface area contributed by atoms with Gasteiger partial charge < -0.3 is 0 Å². The third-order valence-corrected chi connectivity index (χ3v) is 17.7. The Morgan fingerprint density at radius 1 is 0.592 bits per heavy atom. The van der Waals surface area contributed by atoms with Crippen LogP contribution < -0.4 is 8.79 Å². The molecule has 0 spiro atoms. The molecule has 49 heavy (non-hydrogen) atoms. The molecule has 0 N–H and O–H groups in total. The minimum atomic E-state index is -2.53. The Labute approximate surface area is 291 Å². The van der Waals surface area contributed by atoms with E-state index >= 15 is 0 Å². The molecule has 2 heterocycles. The van der Waals surface area contributed by atoms with Crippen molar-refractivity contribution in [3.8, 4) is 28.2 Å². The van der Waals surface area contributed by atoms with E-state index in [1.165, 1.54) is 36.7 Å². The van der Waals surface area contributed by atoms with Gasteiger partial charge in [0, 0.05) is 0 Å². The summed E-state index contributed by atoms with van der Waals surface area (Å²) in [6.07, 6.45) is 0. The summed E-state index contributed by atoms with van der Waals surface area (Å²) in [5, 5.41) is 2.27. The molecule has 0 aliphatic heterocycles. The van der Waals surface area contributed by atoms with Gasteiger partial charge in [-0.25, -0.2) is 0 Å². The summed E-state index contributed by atoms with van der Waals surface area (Å²) < 4.78 is 12.2. The molecule has 8 aromatic rings. The van der Waals surface area contributed by atoms with Crippen LogP contribution in [0.15, 0.2) is 138 Å². The number of nitrogens with zero attached hydrogens (tertiary/aromatic N) is 2. The Hall–Kier alpha value is -4.87. The number of benzene rings is 6. The first-order valence-electron chi connectivity index (χ1n) is 17.4. The predicted molar refractivity (Wildman–Crippen MR) is 211 cm³/mol. The second kappa shape index (κ2) is 12.2. The van der Waals surface area contributed by atoms with E-state index in [9.17, 15) is 0 Å². The van der Waals surface area contributed by atoms with E-state index in [0.717, 1.165) is 44.4 Å². The Bertz CT molecular complexity index is 2440. The van der Waals surface area contributed by atoms with Gasteiger partial charge in [0.15, 0.2) is 0 Å². The fourth-order valence-corrected chi connectivity index (χ4v) is 12.4. The van der Waals surface area contributed by atoms with Crippen molar-refractivity contribution in [3.63, 3.8) is 0 Å². The summed E-state index contributed by atoms with van der Waals surface area (Å²) in [6.45, 7) is 9.20. The molecular weight excluding hydrogens is 657 g/mol. The molecular formula is C45H42GeN2O. The molecule has 6 aromatic carbocycles. The van der Waals surface area contributed by atoms with E-state index < -0.39 is 13.3 Å². The van der Waals surface area contributed by atoms with Crippen molar-refractivity contribution in [1.82, 2.24) is 9.55 Å². The quantitative estimate of drug-likeness (QED) is 0.155. The average molecular weight is 699 g/mol. The molecule has 0 radical (unpaired) electrons. The van der Waals surface area contributed by atoms with Crippen molar-refractivity contribution < 1.29 is 4.42 Å². The van der Waals surface area contributed by atoms with Gasteiger partial charge in [-0.1, -0.05) is 30.3 Å². The molecule has 0 bridgehead atoms. The molecule has 0 atom stereocenters. The van der Waals surface area contributed by atoms with Crippen molar-refractivity contribution in [2.24, 2.45) is 0 Å². The maximum absolute atomic E-state index is 6.91. The number of fused-ring (bicyclic) bond motifs is 4. The number of para-hydroxylation sites is 3. The van der Waals surface area contributed by atoms with E-state index in [2.05, 4.69) is 177 Å². The minimum absolute atomic E-state index is 0.296. The van der Waals surface area contributed by atoms with Crippen LogP contribution in [0.3, 0.4) is 0 Å². The second-order valence-electron chi connectivity index (χ2n) is 14.4. The first-order valence-corrected chi connectivity index (χ1v) is 23.7. The summed E-state index contributed by atoms with van der Waals surface area (Å²) >= 11 is -2.53. The number of hydrogen-bond donors (Lipinski definition) is 0. The van der Waals surface area contributed by atoms with Crippen molar-refractivity contribution in [2.45, 2.75) is 51.0 Å². The Morgan fingerprint density at radius 3 is 1.94 bits per heavy atom. The molecule has 3 nitrogen and oxygen atoms in total. The summed E-state index contributed by atoms with van der Waals surface area (Å²) in [4.78, 5) is 5.37. The van der Waals surface area contributed by atoms with E-state index in [-0.39, 0.29) is 0 Å². The number of imidazole rings is 1. The van der Waals surface area contributed by atoms with Gasteiger partial charge in [0.2, 0.25) is 0 Å². The van der Waals surface area contributed by atoms with Gasteiger partial charge in [0.1, 0.15) is 0 Å². The number of aromatic nitrogens is 2. The van der Waals surface area contributed by atoms with Gasteiger partial charge in [-0.2, -0.15) is 0 Å². The van der Waals surface area contributed by atoms with Gasteiger partial charge in [0.05, 0.1) is 0 Å². The van der Waals surface area contributed by atoms with Crippen molar-refractivity contribution in [1.29, 1.82) is 0 Å². The van der Waals surface area contributed by atoms with Gasteiger partial charge in [-0.15, -0.1) is 0 Å². The molecule has 0 saturated carbocycles. The molecule has 0 unspecified atom stereocenters. The van der Waals surface area contributed by atoms with Crippen LogP contribution in [0.4, 0.5) is 0 Å². The summed E-state index contributed by atoms with van der Waals surface area (Å²) in [5.74, 6) is 6.43. The summed E-state index contributed by atoms with van der Waals surface area (Å²) in [5.41, 5.74) is 11.2. The van der Waals surface area contributed by atoms with Gasteiger partial charge in [-0.05, 0) is 5.56 Å². The number of hydrogen-bond acceptors (Lipinski definition) is 2. The zero-order valence-electron chi connectivity index (χ0n) is 29.2. The average Bonchev–Trinajstić information content (AvgIpc) is 3.70. The van der Waals surface area contributed by atoms with Crippen LogP contribution >= 0.6 is 0 Å². The van der Waals surface area contributed by atoms with Gasteiger partial charge >= 0.3 is 257 Å². The topological polar surface area (TPSA) is 31.0 Å². The van der Waals surface area contributed by atoms with E-state index in [4.69, 9.17) is 9.40 Å². The number of rotatable bonds is 7. The monoisotopic (exact) mass is 700 g/mol. The van der Waals surface area contributed by atoms with Gasteiger partial charge in [0.25, 0.3) is 0 Å². The fourth-order valence-electron chi connectivity index (χ4n) is 7.43. The first kappa shape index (κ1) is 31.4. The van der Waals surface area contributed by atoms with E-state index in [1.54, 1.807) is 0 Å². The van der Waals surface area contributed by atoms with Crippen molar-refractivity contribution in [3.05, 3.63) is 145 Å². The third-order valence-electron chi connectivity index (χ3n) is 10.3. The number of furan rings is 1. The SMILES string of the molecule is CC(C)c1cc(-c2ccccc2)cc(C(C)C)c1-n1c(-c2cccc3c2oc2c[c]([Ge]([CH3])([CH3])[c]4ccccc4)ccc23)nc2ccccc21. The van der Waals surface area contributed by atoms with E-state index in [1.807, 2.05) is 0 Å². The molecule has 0 fully saturated rings. The molecule has 242 valence electrons. The van der Waals surface area contributed by atoms with Crippen LogP contribution in [0, 0.1) is 0 Å². The van der Waals surface area contributed by atoms with Crippen LogP contribution in [0.1, 0.15) is 50.7 Å². The second-order valence-corrected chi connectivity index (χ2v) is 23.7. The Kier molecular flexibility index (Phi) is 7.84. The summed E-state index contributed by atoms with van der Waals surface area (Å²) in [6, 6.07) is 48.5. The van der Waals surface area contributed by atoms with Gasteiger partial charge in [-0.3, -0.25) is 0 Å². The van der Waals surface area contributed by atoms with Crippen molar-refractivity contribution in [2.75, 3.05) is 0 Å². The maximum atomic E-state index is 6.91. The van der Waals surface area contributed by atoms with Crippen LogP contribution in [-0.4, -0.2) is 22.8 Å². The Balaban J connectivity index is 1.39. The molecule has 0 aliphatic rings. The van der Waals surface area contributed by atoms with E-state index in [0.29, 0.717) is 11.8 Å². The molecule has 8 rings (SSSR count). The van der Waals surface area contributed by atoms with Crippen LogP contribution in [-0.2, 0) is 0 Å². The zero-order chi connectivity index (χ0) is 33.9. The fraction of sp³-hybridized carbons (Fsp3) is 0.178. The third kappa shape index (κ3) is 5.32. The van der Waals surface area contributed by atoms with Crippen molar-refractivity contribution >= 4 is 55.0 Å². The zero-order valence-corrected chi connectivity index (χ0v) is 31.3. The molecule has 0 amide bonds. The molecule has 2 aromatic heterocycles. The predicted octanol–water partition coefficient (Wildman–Crippen LogP) is 11.3. The van der Waals surface area contributed by atoms with Crippen LogP contribution in [0.2, 0.25) is 11.5 Å². The molecule has 0 aliphatic carbocycles. The van der Waals surface area contributed by atoms with Crippen LogP contribution in [0.5, 0.6) is 0 Å². The summed E-state index contributed by atoms with van der Waals surface area (Å²) in [7, 11) is 0. The molecule has 4 heteroatoms. The standard InChI is InChI=1S/C45H42GeN2O/c1-29(2)38-26-32(31-16-9-7-10-17-31)27-39(30(3)4)43(38)48-41-23-14-13-22-40(41)47-45(48)37-21-15-20-36-35-25-24-34(28-42(35)49-44(36)37)46(5,6)33-18-11-8-12-19-33/h7-30H,1-6H3. The van der Waals surface area contributed by atoms with Crippen LogP contribution in [0.25, 0.3) is 61.2 Å².